The topological polar surface area (TPSA) is 41.6 Å². The highest BCUT2D eigenvalue weighted by molar-refractivity contribution is 5.65. The summed E-state index contributed by atoms with van der Waals surface area (Å²) < 4.78 is 0. The van der Waals surface area contributed by atoms with Crippen LogP contribution in [0.2, 0.25) is 0 Å². The molecule has 0 unspecified atom stereocenters. The van der Waals surface area contributed by atoms with Crippen LogP contribution < -0.4 is 0 Å². The lowest BCUT2D eigenvalue weighted by atomic mass is 10.1. The van der Waals surface area contributed by atoms with Crippen molar-refractivity contribution < 1.29 is 0 Å². The molecule has 1 aromatic carbocycles. The average Bonchev–Trinajstić information content (AvgIpc) is 2.83. The quantitative estimate of drug-likeness (QED) is 0.739. The Balaban J connectivity index is 2.07. The van der Waals surface area contributed by atoms with Crippen molar-refractivity contribution in [3.05, 3.63) is 60.4 Å². The van der Waals surface area contributed by atoms with E-state index in [0.29, 0.717) is 0 Å². The molecule has 0 spiro atoms. The number of aromatic amines is 1. The highest BCUT2D eigenvalue weighted by Crippen LogP contribution is 2.24. The number of aryl methyl sites for hydroxylation is 1. The van der Waals surface area contributed by atoms with Crippen molar-refractivity contribution in [2.75, 3.05) is 0 Å². The number of aromatic nitrogens is 3. The van der Waals surface area contributed by atoms with Crippen LogP contribution in [-0.2, 0) is 0 Å². The average molecular weight is 235 g/mol. The van der Waals surface area contributed by atoms with Crippen molar-refractivity contribution in [2.45, 2.75) is 6.92 Å². The maximum absolute atomic E-state index is 4.54. The number of imidazole rings is 1. The van der Waals surface area contributed by atoms with Crippen molar-refractivity contribution in [3.63, 3.8) is 0 Å². The van der Waals surface area contributed by atoms with Gasteiger partial charge < -0.3 is 4.98 Å². The van der Waals surface area contributed by atoms with Gasteiger partial charge in [0.05, 0.1) is 11.4 Å². The highest BCUT2D eigenvalue weighted by Gasteiger charge is 2.09. The number of benzene rings is 1. The van der Waals surface area contributed by atoms with Gasteiger partial charge in [0.2, 0.25) is 0 Å². The van der Waals surface area contributed by atoms with Crippen LogP contribution in [0.1, 0.15) is 5.69 Å². The summed E-state index contributed by atoms with van der Waals surface area (Å²) in [6.45, 7) is 2.01. The van der Waals surface area contributed by atoms with E-state index < -0.39 is 0 Å². The van der Waals surface area contributed by atoms with Gasteiger partial charge in [0.15, 0.2) is 5.82 Å². The van der Waals surface area contributed by atoms with E-state index in [1.807, 2.05) is 43.3 Å². The smallest absolute Gasteiger partial charge is 0.156 e. The van der Waals surface area contributed by atoms with Gasteiger partial charge in [-0.1, -0.05) is 36.4 Å². The van der Waals surface area contributed by atoms with E-state index in [1.54, 1.807) is 6.20 Å². The van der Waals surface area contributed by atoms with Gasteiger partial charge in [0.1, 0.15) is 5.69 Å². The lowest BCUT2D eigenvalue weighted by Crippen LogP contribution is -1.84. The normalized spacial score (nSPS) is 10.5. The molecule has 0 amide bonds. The van der Waals surface area contributed by atoms with E-state index in [-0.39, 0.29) is 0 Å². The summed E-state index contributed by atoms with van der Waals surface area (Å²) in [4.78, 5) is 12.2. The summed E-state index contributed by atoms with van der Waals surface area (Å²) in [5.74, 6) is 0.812. The Hall–Kier alpha value is -2.42. The van der Waals surface area contributed by atoms with Crippen LogP contribution in [-0.4, -0.2) is 15.0 Å². The van der Waals surface area contributed by atoms with Gasteiger partial charge in [-0.2, -0.15) is 0 Å². The second kappa shape index (κ2) is 4.45. The van der Waals surface area contributed by atoms with Gasteiger partial charge in [0, 0.05) is 6.20 Å². The van der Waals surface area contributed by atoms with Crippen molar-refractivity contribution in [3.8, 4) is 22.8 Å². The zero-order valence-corrected chi connectivity index (χ0v) is 10.1. The van der Waals surface area contributed by atoms with E-state index in [4.69, 9.17) is 0 Å². The van der Waals surface area contributed by atoms with Crippen LogP contribution in [0.4, 0.5) is 0 Å². The van der Waals surface area contributed by atoms with Crippen LogP contribution in [0.5, 0.6) is 0 Å². The molecule has 0 radical (unpaired) electrons. The Kier molecular flexibility index (Phi) is 2.65. The van der Waals surface area contributed by atoms with Gasteiger partial charge in [-0.3, -0.25) is 4.98 Å². The molecule has 1 N–H and O–H groups in total. The molecule has 2 aromatic heterocycles. The molecule has 18 heavy (non-hydrogen) atoms. The third-order valence-corrected chi connectivity index (χ3v) is 2.85. The van der Waals surface area contributed by atoms with Crippen molar-refractivity contribution >= 4 is 0 Å². The molecule has 0 aliphatic heterocycles. The highest BCUT2D eigenvalue weighted by atomic mass is 15.0. The number of pyridine rings is 1. The fourth-order valence-electron chi connectivity index (χ4n) is 1.97. The Morgan fingerprint density at radius 1 is 0.944 bits per heavy atom. The third-order valence-electron chi connectivity index (χ3n) is 2.85. The first-order valence-electron chi connectivity index (χ1n) is 5.88. The zero-order chi connectivity index (χ0) is 12.4. The largest absolute Gasteiger partial charge is 0.336 e. The lowest BCUT2D eigenvalue weighted by molar-refractivity contribution is 1.20. The first-order valence-corrected chi connectivity index (χ1v) is 5.88. The summed E-state index contributed by atoms with van der Waals surface area (Å²) in [5.41, 5.74) is 4.05. The maximum Gasteiger partial charge on any atom is 0.156 e. The van der Waals surface area contributed by atoms with Gasteiger partial charge in [-0.25, -0.2) is 4.98 Å². The Morgan fingerprint density at radius 3 is 2.44 bits per heavy atom. The van der Waals surface area contributed by atoms with Crippen molar-refractivity contribution in [2.24, 2.45) is 0 Å². The van der Waals surface area contributed by atoms with Crippen molar-refractivity contribution in [1.82, 2.24) is 15.0 Å². The fraction of sp³-hybridized carbons (Fsp3) is 0.0667. The zero-order valence-electron chi connectivity index (χ0n) is 10.1. The van der Waals surface area contributed by atoms with E-state index in [2.05, 4.69) is 27.1 Å². The molecule has 3 heteroatoms. The minimum Gasteiger partial charge on any atom is -0.336 e. The molecule has 3 nitrogen and oxygen atoms in total. The van der Waals surface area contributed by atoms with Gasteiger partial charge in [0.25, 0.3) is 0 Å². The Bertz CT molecular complexity index is 642. The molecular formula is C15H13N3. The van der Waals surface area contributed by atoms with Crippen LogP contribution in [0.15, 0.2) is 54.7 Å². The van der Waals surface area contributed by atoms with Crippen LogP contribution in [0.3, 0.4) is 0 Å². The molecule has 0 aliphatic carbocycles. The predicted molar refractivity (Wildman–Crippen MR) is 72.0 cm³/mol. The molecule has 2 heterocycles. The summed E-state index contributed by atoms with van der Waals surface area (Å²) in [6, 6.07) is 16.0. The number of nitrogens with one attached hydrogen (secondary N) is 1. The molecule has 0 fully saturated rings. The number of hydrogen-bond donors (Lipinski definition) is 1. The molecular weight excluding hydrogens is 222 g/mol. The van der Waals surface area contributed by atoms with E-state index in [9.17, 15) is 0 Å². The van der Waals surface area contributed by atoms with E-state index in [0.717, 1.165) is 28.5 Å². The first kappa shape index (κ1) is 10.7. The summed E-state index contributed by atoms with van der Waals surface area (Å²) in [6.07, 6.45) is 1.77. The van der Waals surface area contributed by atoms with Gasteiger partial charge in [-0.15, -0.1) is 0 Å². The molecule has 0 aliphatic rings. The molecule has 0 saturated heterocycles. The van der Waals surface area contributed by atoms with Crippen LogP contribution in [0.25, 0.3) is 22.8 Å². The maximum atomic E-state index is 4.54. The minimum atomic E-state index is 0.812. The second-order valence-electron chi connectivity index (χ2n) is 4.13. The molecule has 88 valence electrons. The van der Waals surface area contributed by atoms with Crippen molar-refractivity contribution in [1.29, 1.82) is 0 Å². The van der Waals surface area contributed by atoms with E-state index in [1.165, 1.54) is 0 Å². The first-order chi connectivity index (χ1) is 8.84. The van der Waals surface area contributed by atoms with E-state index >= 15 is 0 Å². The standard InChI is InChI=1S/C15H13N3/c1-11-14(12-7-3-2-4-8-12)18-15(17-11)13-9-5-6-10-16-13/h2-10H,1H3,(H,17,18). The number of hydrogen-bond acceptors (Lipinski definition) is 2. The third kappa shape index (κ3) is 1.91. The van der Waals surface area contributed by atoms with Gasteiger partial charge >= 0.3 is 0 Å². The predicted octanol–water partition coefficient (Wildman–Crippen LogP) is 3.45. The van der Waals surface area contributed by atoms with Gasteiger partial charge in [-0.05, 0) is 24.6 Å². The number of H-pyrrole nitrogens is 1. The lowest BCUT2D eigenvalue weighted by Gasteiger charge is -1.98. The summed E-state index contributed by atoms with van der Waals surface area (Å²) in [5, 5.41) is 0. The molecule has 0 saturated carbocycles. The van der Waals surface area contributed by atoms with Crippen LogP contribution in [0, 0.1) is 6.92 Å². The SMILES string of the molecule is Cc1nc(-c2ccccn2)[nH]c1-c1ccccc1. The monoisotopic (exact) mass is 235 g/mol. The summed E-state index contributed by atoms with van der Waals surface area (Å²) >= 11 is 0. The fourth-order valence-corrected chi connectivity index (χ4v) is 1.97. The second-order valence-corrected chi connectivity index (χ2v) is 4.13. The summed E-state index contributed by atoms with van der Waals surface area (Å²) in [7, 11) is 0. The Labute approximate surface area is 106 Å². The molecule has 3 rings (SSSR count). The molecule has 3 aromatic rings. The number of rotatable bonds is 2. The molecule has 0 bridgehead atoms. The Morgan fingerprint density at radius 2 is 1.72 bits per heavy atom. The minimum absolute atomic E-state index is 0.812. The van der Waals surface area contributed by atoms with Crippen LogP contribution >= 0.6 is 0 Å². The molecule has 0 atom stereocenters. The number of nitrogens with zero attached hydrogens (tertiary/aromatic N) is 2.